The van der Waals surface area contributed by atoms with Crippen molar-refractivity contribution in [1.82, 2.24) is 0 Å². The van der Waals surface area contributed by atoms with E-state index in [-0.39, 0.29) is 19.3 Å². The van der Waals surface area contributed by atoms with Crippen LogP contribution in [-0.2, 0) is 55.8 Å². The molecule has 0 aliphatic rings. The summed E-state index contributed by atoms with van der Waals surface area (Å²) in [4.78, 5) is 58.4. The average molecular weight is 1370 g/mol. The Bertz CT molecular complexity index is 2310. The second-order valence-corrected chi connectivity index (χ2v) is 26.5. The number of aliphatic hydroxyl groups excluding tert-OH is 2. The molecule has 0 aliphatic carbocycles. The van der Waals surface area contributed by atoms with Crippen molar-refractivity contribution in [2.45, 2.75) is 283 Å². The number of phosphoric acid groups is 2. The van der Waals surface area contributed by atoms with Crippen LogP contribution in [0.15, 0.2) is 146 Å². The van der Waals surface area contributed by atoms with E-state index in [0.29, 0.717) is 25.7 Å². The molecule has 16 nitrogen and oxygen atoms in total. The predicted molar refractivity (Wildman–Crippen MR) is 389 cm³/mol. The van der Waals surface area contributed by atoms with Crippen molar-refractivity contribution in [3.8, 4) is 0 Å². The smallest absolute Gasteiger partial charge is 0.463 e. The minimum atomic E-state index is -4.95. The van der Waals surface area contributed by atoms with E-state index in [4.69, 9.17) is 32.3 Å². The monoisotopic (exact) mass is 1370 g/mol. The molecule has 0 aliphatic heterocycles. The predicted octanol–water partition coefficient (Wildman–Crippen LogP) is 20.5. The standard InChI is InChI=1S/C77H128O16P2/c1-4-7-10-13-16-19-22-25-28-30-31-32-33-34-35-36-37-38-39-41-44-45-48-51-54-57-60-63-75(80)87-66-72(78)67-89-94(83,84)90-68-73(79)69-91-95(85,86)92-71-74(93-77(82)65-62-59-56-53-50-47-42-27-24-21-18-15-12-9-6-3)70-88-76(81)64-61-58-55-52-49-46-43-40-29-26-23-20-17-14-11-8-5-2/h8-9,11-12,16-21,25-29,31-32,34-35,42-43,46,52,55,72-74,78-79H,4-7,10,13-15,22-24,30,33,36-41,44-45,47-51,53-54,56-71H2,1-3H3,(H,83,84)(H,85,86)/b11-8-,12-9-,19-16-,20-17-,21-18-,28-25-,29-26-,32-31-,35-34-,42-27-,46-43-,55-52-. The van der Waals surface area contributed by atoms with Gasteiger partial charge in [0.25, 0.3) is 0 Å². The van der Waals surface area contributed by atoms with Gasteiger partial charge in [0, 0.05) is 19.3 Å². The van der Waals surface area contributed by atoms with Crippen LogP contribution in [0, 0.1) is 0 Å². The van der Waals surface area contributed by atoms with Crippen molar-refractivity contribution in [3.63, 3.8) is 0 Å². The highest BCUT2D eigenvalue weighted by molar-refractivity contribution is 7.47. The summed E-state index contributed by atoms with van der Waals surface area (Å²) in [5.41, 5.74) is 0. The van der Waals surface area contributed by atoms with Crippen LogP contribution in [-0.4, -0.2) is 95.9 Å². The molecule has 18 heteroatoms. The Labute approximate surface area is 575 Å². The summed E-state index contributed by atoms with van der Waals surface area (Å²) in [6.07, 6.45) is 83.4. The fourth-order valence-electron chi connectivity index (χ4n) is 9.07. The molecule has 542 valence electrons. The Morgan fingerprint density at radius 1 is 0.305 bits per heavy atom. The number of carbonyl (C=O) groups excluding carboxylic acids is 3. The van der Waals surface area contributed by atoms with Gasteiger partial charge in [0.1, 0.15) is 25.4 Å². The number of hydrogen-bond acceptors (Lipinski definition) is 14. The molecule has 0 aromatic heterocycles. The maximum absolute atomic E-state index is 12.9. The maximum atomic E-state index is 12.9. The largest absolute Gasteiger partial charge is 0.472 e. The van der Waals surface area contributed by atoms with E-state index < -0.39 is 91.5 Å². The number of hydrogen-bond donors (Lipinski definition) is 4. The lowest BCUT2D eigenvalue weighted by molar-refractivity contribution is -0.161. The Hall–Kier alpha value is -4.57. The van der Waals surface area contributed by atoms with Crippen LogP contribution in [0.2, 0.25) is 0 Å². The zero-order chi connectivity index (χ0) is 69.5. The van der Waals surface area contributed by atoms with E-state index in [1.165, 1.54) is 70.6 Å². The molecule has 0 aromatic carbocycles. The molecule has 5 unspecified atom stereocenters. The van der Waals surface area contributed by atoms with Crippen LogP contribution in [0.3, 0.4) is 0 Å². The van der Waals surface area contributed by atoms with Crippen LogP contribution >= 0.6 is 15.6 Å². The number of esters is 3. The topological polar surface area (TPSA) is 231 Å². The summed E-state index contributed by atoms with van der Waals surface area (Å²) in [6, 6.07) is 0. The number of unbranched alkanes of at least 4 members (excludes halogenated alkanes) is 20. The summed E-state index contributed by atoms with van der Waals surface area (Å²) in [7, 11) is -9.81. The molecule has 0 fully saturated rings. The number of carbonyl (C=O) groups is 3. The second-order valence-electron chi connectivity index (χ2n) is 23.6. The summed E-state index contributed by atoms with van der Waals surface area (Å²) in [6.45, 7) is 2.31. The molecule has 0 heterocycles. The normalized spacial score (nSPS) is 15.0. The van der Waals surface area contributed by atoms with Crippen molar-refractivity contribution < 1.29 is 75.8 Å². The van der Waals surface area contributed by atoms with Crippen LogP contribution in [0.5, 0.6) is 0 Å². The number of ether oxygens (including phenoxy) is 3. The van der Waals surface area contributed by atoms with Gasteiger partial charge in [-0.05, 0) is 135 Å². The van der Waals surface area contributed by atoms with Gasteiger partial charge in [-0.2, -0.15) is 0 Å². The lowest BCUT2D eigenvalue weighted by Gasteiger charge is -2.21. The van der Waals surface area contributed by atoms with Crippen molar-refractivity contribution >= 4 is 33.6 Å². The minimum Gasteiger partial charge on any atom is -0.463 e. The van der Waals surface area contributed by atoms with Crippen LogP contribution in [0.4, 0.5) is 0 Å². The van der Waals surface area contributed by atoms with Gasteiger partial charge < -0.3 is 34.2 Å². The molecular weight excluding hydrogens is 1240 g/mol. The molecule has 0 saturated heterocycles. The van der Waals surface area contributed by atoms with Gasteiger partial charge in [0.2, 0.25) is 0 Å². The van der Waals surface area contributed by atoms with Crippen LogP contribution < -0.4 is 0 Å². The van der Waals surface area contributed by atoms with E-state index in [0.717, 1.165) is 128 Å². The van der Waals surface area contributed by atoms with Crippen LogP contribution in [0.25, 0.3) is 0 Å². The van der Waals surface area contributed by atoms with Gasteiger partial charge in [-0.1, -0.05) is 256 Å². The molecule has 0 spiro atoms. The number of phosphoric ester groups is 2. The first-order valence-corrected chi connectivity index (χ1v) is 39.1. The summed E-state index contributed by atoms with van der Waals surface area (Å²) >= 11 is 0. The van der Waals surface area contributed by atoms with Gasteiger partial charge in [-0.25, -0.2) is 9.13 Å². The highest BCUT2D eigenvalue weighted by atomic mass is 31.2. The number of rotatable bonds is 67. The highest BCUT2D eigenvalue weighted by Crippen LogP contribution is 2.45. The lowest BCUT2D eigenvalue weighted by atomic mass is 10.0. The second kappa shape index (κ2) is 69.3. The molecule has 0 rings (SSSR count). The molecular formula is C77H128O16P2. The first kappa shape index (κ1) is 90.4. The highest BCUT2D eigenvalue weighted by Gasteiger charge is 2.29. The maximum Gasteiger partial charge on any atom is 0.472 e. The Kier molecular flexibility index (Phi) is 66.0. The van der Waals surface area contributed by atoms with E-state index in [2.05, 4.69) is 154 Å². The number of allylic oxidation sites excluding steroid dienone is 24. The Morgan fingerprint density at radius 3 is 0.926 bits per heavy atom. The van der Waals surface area contributed by atoms with Gasteiger partial charge in [0.05, 0.1) is 26.4 Å². The fourth-order valence-corrected chi connectivity index (χ4v) is 10.7. The van der Waals surface area contributed by atoms with Crippen molar-refractivity contribution in [3.05, 3.63) is 146 Å². The van der Waals surface area contributed by atoms with Gasteiger partial charge >= 0.3 is 33.6 Å². The van der Waals surface area contributed by atoms with Gasteiger partial charge in [-0.3, -0.25) is 32.5 Å². The van der Waals surface area contributed by atoms with Crippen molar-refractivity contribution in [2.75, 3.05) is 39.6 Å². The zero-order valence-electron chi connectivity index (χ0n) is 58.8. The lowest BCUT2D eigenvalue weighted by Crippen LogP contribution is -2.30. The van der Waals surface area contributed by atoms with Gasteiger partial charge in [-0.15, -0.1) is 0 Å². The molecule has 95 heavy (non-hydrogen) atoms. The minimum absolute atomic E-state index is 0.0681. The average Bonchev–Trinajstić information content (AvgIpc) is 2.44. The Morgan fingerprint density at radius 2 is 0.568 bits per heavy atom. The van der Waals surface area contributed by atoms with E-state index in [1.54, 1.807) is 0 Å². The zero-order valence-corrected chi connectivity index (χ0v) is 60.6. The SMILES string of the molecule is CC/C=C\C/C=C\C/C=C\C/C=C\C/C=C\CCCC(=O)OCC(COP(=O)(O)OCC(O)COP(=O)(O)OCC(O)COC(=O)CCCCCCCCCCCCC/C=C\C/C=C\C/C=C\C/C=C\CCCCC)OC(=O)CCCCCCC/C=C\C/C=C\C/C=C\CC. The number of aliphatic hydroxyl groups is 2. The molecule has 0 saturated carbocycles. The van der Waals surface area contributed by atoms with Crippen molar-refractivity contribution in [2.24, 2.45) is 0 Å². The summed E-state index contributed by atoms with van der Waals surface area (Å²) in [5.74, 6) is -1.67. The molecule has 4 N–H and O–H groups in total. The molecule has 0 radical (unpaired) electrons. The van der Waals surface area contributed by atoms with Gasteiger partial charge in [0.15, 0.2) is 6.10 Å². The summed E-state index contributed by atoms with van der Waals surface area (Å²) < 4.78 is 60.9. The molecule has 5 atom stereocenters. The molecule has 0 amide bonds. The van der Waals surface area contributed by atoms with Crippen LogP contribution in [0.1, 0.15) is 265 Å². The molecule has 0 bridgehead atoms. The third-order valence-electron chi connectivity index (χ3n) is 14.5. The Balaban J connectivity index is 4.60. The summed E-state index contributed by atoms with van der Waals surface area (Å²) in [5, 5.41) is 20.6. The van der Waals surface area contributed by atoms with E-state index >= 15 is 0 Å². The van der Waals surface area contributed by atoms with E-state index in [1.807, 2.05) is 12.2 Å². The molecule has 0 aromatic rings. The third kappa shape index (κ3) is 70.6. The first-order chi connectivity index (χ1) is 46.2. The first-order valence-electron chi connectivity index (χ1n) is 36.1. The third-order valence-corrected chi connectivity index (χ3v) is 16.4. The van der Waals surface area contributed by atoms with E-state index in [9.17, 15) is 43.5 Å². The van der Waals surface area contributed by atoms with Crippen molar-refractivity contribution in [1.29, 1.82) is 0 Å². The quantitative estimate of drug-likeness (QED) is 0.0146. The fraction of sp³-hybridized carbons (Fsp3) is 0.649.